The Bertz CT molecular complexity index is 506. The minimum atomic E-state index is -1.00. The molecule has 0 radical (unpaired) electrons. The van der Waals surface area contributed by atoms with Crippen LogP contribution in [0.4, 0.5) is 0 Å². The maximum Gasteiger partial charge on any atom is 0.225 e. The van der Waals surface area contributed by atoms with E-state index in [4.69, 9.17) is 9.47 Å². The summed E-state index contributed by atoms with van der Waals surface area (Å²) in [5.41, 5.74) is 0. The molecule has 0 aliphatic carbocycles. The molecule has 30 heavy (non-hydrogen) atoms. The van der Waals surface area contributed by atoms with Gasteiger partial charge in [-0.2, -0.15) is 0 Å². The molecule has 7 heteroatoms. The van der Waals surface area contributed by atoms with Gasteiger partial charge in [0.15, 0.2) is 6.29 Å². The molecule has 1 amide bonds. The molecule has 2 fully saturated rings. The van der Waals surface area contributed by atoms with Crippen molar-refractivity contribution in [1.29, 1.82) is 0 Å². The van der Waals surface area contributed by atoms with Crippen LogP contribution < -0.4 is 10.6 Å². The van der Waals surface area contributed by atoms with E-state index < -0.39 is 30.6 Å². The Balaban J connectivity index is 2.02. The molecule has 176 valence electrons. The molecule has 8 atom stereocenters. The Morgan fingerprint density at radius 3 is 2.40 bits per heavy atom. The zero-order chi connectivity index (χ0) is 22.1. The first-order valence-electron chi connectivity index (χ1n) is 12.0. The van der Waals surface area contributed by atoms with Crippen LogP contribution in [0.5, 0.6) is 0 Å². The van der Waals surface area contributed by atoms with Crippen LogP contribution in [0.3, 0.4) is 0 Å². The van der Waals surface area contributed by atoms with Gasteiger partial charge in [-0.05, 0) is 39.2 Å². The molecule has 0 saturated carbocycles. The summed E-state index contributed by atoms with van der Waals surface area (Å²) in [6.07, 6.45) is 6.47. The Morgan fingerprint density at radius 2 is 1.73 bits per heavy atom. The molecule has 0 aromatic heterocycles. The van der Waals surface area contributed by atoms with E-state index in [2.05, 4.69) is 17.6 Å². The van der Waals surface area contributed by atoms with E-state index in [0.29, 0.717) is 6.54 Å². The molecule has 2 unspecified atom stereocenters. The van der Waals surface area contributed by atoms with Crippen LogP contribution in [0.15, 0.2) is 0 Å². The number of nitrogens with one attached hydrogen (secondary N) is 2. The van der Waals surface area contributed by atoms with Crippen molar-refractivity contribution in [3.8, 4) is 0 Å². The number of aliphatic hydroxyl groups excluding tert-OH is 2. The lowest BCUT2D eigenvalue weighted by atomic mass is 9.92. The lowest BCUT2D eigenvalue weighted by molar-refractivity contribution is -0.287. The molecule has 2 rings (SSSR count). The fraction of sp³-hybridized carbons (Fsp3) is 0.957. The number of ether oxygens (including phenoxy) is 2. The second-order valence-electron chi connectivity index (χ2n) is 9.17. The Morgan fingerprint density at radius 1 is 1.07 bits per heavy atom. The molecule has 2 heterocycles. The molecular weight excluding hydrogens is 384 g/mol. The van der Waals surface area contributed by atoms with Crippen LogP contribution in [0, 0.1) is 11.8 Å². The van der Waals surface area contributed by atoms with E-state index in [-0.39, 0.29) is 17.9 Å². The normalized spacial score (nSPS) is 40.4. The fourth-order valence-electron chi connectivity index (χ4n) is 4.71. The first kappa shape index (κ1) is 25.5. The molecule has 0 bridgehead atoms. The second kappa shape index (κ2) is 13.0. The highest BCUT2D eigenvalue weighted by Crippen LogP contribution is 2.27. The van der Waals surface area contributed by atoms with Crippen LogP contribution in [0.2, 0.25) is 0 Å². The maximum atomic E-state index is 12.8. The molecule has 0 spiro atoms. The summed E-state index contributed by atoms with van der Waals surface area (Å²) in [5.74, 6) is 0.426. The highest BCUT2D eigenvalue weighted by atomic mass is 16.7. The predicted molar refractivity (Wildman–Crippen MR) is 117 cm³/mol. The summed E-state index contributed by atoms with van der Waals surface area (Å²) in [6, 6.07) is -0.534. The third-order valence-electron chi connectivity index (χ3n) is 6.97. The number of carbonyl (C=O) groups excluding carboxylic acids is 1. The molecule has 2 aliphatic rings. The fourth-order valence-corrected chi connectivity index (χ4v) is 4.71. The maximum absolute atomic E-state index is 12.8. The van der Waals surface area contributed by atoms with Crippen molar-refractivity contribution in [2.45, 2.75) is 115 Å². The van der Waals surface area contributed by atoms with Gasteiger partial charge in [-0.25, -0.2) is 0 Å². The number of rotatable bonds is 4. The van der Waals surface area contributed by atoms with E-state index in [1.54, 1.807) is 14.0 Å². The monoisotopic (exact) mass is 428 g/mol. The Hall–Kier alpha value is -0.730. The SMILES string of the molecule is CCC1CCCCCCC(O[C@@H]2O[C@@H](C)[C@@H](O)[C@@H](NC)[C@H]2O)[C@@H](C)C(=O)NCCC1. The summed E-state index contributed by atoms with van der Waals surface area (Å²) in [5, 5.41) is 26.9. The smallest absolute Gasteiger partial charge is 0.225 e. The van der Waals surface area contributed by atoms with Gasteiger partial charge >= 0.3 is 0 Å². The van der Waals surface area contributed by atoms with Gasteiger partial charge in [-0.3, -0.25) is 4.79 Å². The first-order valence-corrected chi connectivity index (χ1v) is 12.0. The van der Waals surface area contributed by atoms with Gasteiger partial charge in [0.2, 0.25) is 5.91 Å². The van der Waals surface area contributed by atoms with Crippen molar-refractivity contribution < 1.29 is 24.5 Å². The van der Waals surface area contributed by atoms with Gasteiger partial charge in [0.1, 0.15) is 6.10 Å². The van der Waals surface area contributed by atoms with Gasteiger partial charge in [0, 0.05) is 6.54 Å². The van der Waals surface area contributed by atoms with Gasteiger partial charge in [-0.1, -0.05) is 52.4 Å². The third-order valence-corrected chi connectivity index (χ3v) is 6.97. The topological polar surface area (TPSA) is 100 Å². The van der Waals surface area contributed by atoms with Crippen molar-refractivity contribution in [2.75, 3.05) is 13.6 Å². The van der Waals surface area contributed by atoms with Gasteiger partial charge in [0.25, 0.3) is 0 Å². The summed E-state index contributed by atoms with van der Waals surface area (Å²) in [6.45, 7) is 6.62. The number of hydrogen-bond acceptors (Lipinski definition) is 6. The number of likely N-dealkylation sites (N-methyl/N-ethyl adjacent to an activating group) is 1. The number of amides is 1. The van der Waals surface area contributed by atoms with Gasteiger partial charge < -0.3 is 30.3 Å². The quantitative estimate of drug-likeness (QED) is 0.548. The van der Waals surface area contributed by atoms with Crippen LogP contribution in [0.1, 0.15) is 78.6 Å². The van der Waals surface area contributed by atoms with Crippen LogP contribution in [-0.2, 0) is 14.3 Å². The van der Waals surface area contributed by atoms with Crippen molar-refractivity contribution in [3.05, 3.63) is 0 Å². The molecule has 4 N–H and O–H groups in total. The summed E-state index contributed by atoms with van der Waals surface area (Å²) < 4.78 is 12.0. The molecule has 0 aromatic rings. The first-order chi connectivity index (χ1) is 14.4. The van der Waals surface area contributed by atoms with Crippen molar-refractivity contribution >= 4 is 5.91 Å². The molecule has 2 aliphatic heterocycles. The predicted octanol–water partition coefficient (Wildman–Crippen LogP) is 2.34. The van der Waals surface area contributed by atoms with Crippen molar-refractivity contribution in [2.24, 2.45) is 11.8 Å². The Kier molecular flexibility index (Phi) is 11.0. The average Bonchev–Trinajstić information content (AvgIpc) is 2.73. The van der Waals surface area contributed by atoms with Crippen LogP contribution in [0.25, 0.3) is 0 Å². The van der Waals surface area contributed by atoms with E-state index in [9.17, 15) is 15.0 Å². The standard InChI is InChI=1S/C23H44N2O5/c1-5-17-11-8-6-7-9-13-18(15(2)22(28)25-14-10-12-17)30-23-21(27)19(24-4)20(26)16(3)29-23/h15-21,23-24,26-27H,5-14H2,1-4H3,(H,25,28)/t15-,16+,17?,18?,19-,20-,21-,23+/m1/s1. The summed E-state index contributed by atoms with van der Waals surface area (Å²) in [4.78, 5) is 12.8. The number of hydrogen-bond donors (Lipinski definition) is 4. The van der Waals surface area contributed by atoms with E-state index in [1.165, 1.54) is 32.1 Å². The lowest BCUT2D eigenvalue weighted by Crippen LogP contribution is -2.62. The highest BCUT2D eigenvalue weighted by Gasteiger charge is 2.44. The molecular formula is C23H44N2O5. The molecule has 2 saturated heterocycles. The van der Waals surface area contributed by atoms with Gasteiger partial charge in [0.05, 0.1) is 30.3 Å². The van der Waals surface area contributed by atoms with E-state index >= 15 is 0 Å². The summed E-state index contributed by atoms with van der Waals surface area (Å²) >= 11 is 0. The molecule has 0 aromatic carbocycles. The minimum absolute atomic E-state index is 0.00587. The lowest BCUT2D eigenvalue weighted by Gasteiger charge is -2.43. The molecule has 7 nitrogen and oxygen atoms in total. The number of aliphatic hydroxyl groups is 2. The Labute approximate surface area is 182 Å². The zero-order valence-corrected chi connectivity index (χ0v) is 19.3. The largest absolute Gasteiger partial charge is 0.389 e. The third kappa shape index (κ3) is 7.16. The van der Waals surface area contributed by atoms with E-state index in [1.807, 2.05) is 6.92 Å². The average molecular weight is 429 g/mol. The summed E-state index contributed by atoms with van der Waals surface area (Å²) in [7, 11) is 1.70. The van der Waals surface area contributed by atoms with Gasteiger partial charge in [-0.15, -0.1) is 0 Å². The van der Waals surface area contributed by atoms with Crippen molar-refractivity contribution in [1.82, 2.24) is 10.6 Å². The minimum Gasteiger partial charge on any atom is -0.389 e. The van der Waals surface area contributed by atoms with Crippen LogP contribution >= 0.6 is 0 Å². The number of carbonyl (C=O) groups is 1. The zero-order valence-electron chi connectivity index (χ0n) is 19.3. The van der Waals surface area contributed by atoms with E-state index in [0.717, 1.165) is 31.6 Å². The highest BCUT2D eigenvalue weighted by molar-refractivity contribution is 5.78. The van der Waals surface area contributed by atoms with Crippen molar-refractivity contribution in [3.63, 3.8) is 0 Å². The van der Waals surface area contributed by atoms with Crippen LogP contribution in [-0.4, -0.2) is 66.5 Å². The second-order valence-corrected chi connectivity index (χ2v) is 9.17.